The second-order valence-corrected chi connectivity index (χ2v) is 12.7. The molecule has 0 aliphatic carbocycles. The molecular weight excluding hydrogens is 596 g/mol. The van der Waals surface area contributed by atoms with Crippen LogP contribution in [0.3, 0.4) is 0 Å². The largest absolute Gasteiger partial charge is 0.492 e. The van der Waals surface area contributed by atoms with Crippen molar-refractivity contribution in [2.45, 2.75) is 50.6 Å². The van der Waals surface area contributed by atoms with Crippen molar-refractivity contribution < 1.29 is 38.3 Å². The molecule has 1 aliphatic rings. The maximum atomic E-state index is 14.8. The summed E-state index contributed by atoms with van der Waals surface area (Å²) in [5, 5.41) is 42.4. The summed E-state index contributed by atoms with van der Waals surface area (Å²) in [6, 6.07) is 29.0. The number of nitrogens with zero attached hydrogens (tertiary/aromatic N) is 2. The lowest BCUT2D eigenvalue weighted by molar-refractivity contribution is -0.0565. The van der Waals surface area contributed by atoms with E-state index < -0.39 is 34.5 Å². The Hall–Kier alpha value is -3.81. The van der Waals surface area contributed by atoms with Crippen LogP contribution in [0.5, 0.6) is 11.5 Å². The predicted molar refractivity (Wildman–Crippen MR) is 168 cm³/mol. The Morgan fingerprint density at radius 3 is 1.20 bits per heavy atom. The van der Waals surface area contributed by atoms with Crippen LogP contribution in [0, 0.1) is 0 Å². The molecule has 45 heavy (non-hydrogen) atoms. The topological polar surface area (TPSA) is 140 Å². The summed E-state index contributed by atoms with van der Waals surface area (Å²) in [5.74, 6) is 0.968. The van der Waals surface area contributed by atoms with Crippen molar-refractivity contribution in [2.24, 2.45) is 0 Å². The Kier molecular flexibility index (Phi) is 10.8. The lowest BCUT2D eigenvalue weighted by Crippen LogP contribution is -2.52. The molecule has 0 aromatic heterocycles. The zero-order valence-corrected chi connectivity index (χ0v) is 25.5. The molecule has 238 valence electrons. The monoisotopic (exact) mass is 634 g/mol. The van der Waals surface area contributed by atoms with Crippen molar-refractivity contribution in [1.29, 1.82) is 0 Å². The van der Waals surface area contributed by atoms with Gasteiger partial charge in [0.25, 0.3) is 10.2 Å². The molecule has 1 aliphatic heterocycles. The smallest absolute Gasteiger partial charge is 0.283 e. The second-order valence-electron chi connectivity index (χ2n) is 10.9. The van der Waals surface area contributed by atoms with Crippen LogP contribution in [0.2, 0.25) is 0 Å². The number of hydrogen-bond donors (Lipinski definition) is 4. The molecule has 1 heterocycles. The van der Waals surface area contributed by atoms with E-state index in [1.54, 1.807) is 97.1 Å². The van der Waals surface area contributed by atoms with E-state index in [-0.39, 0.29) is 39.5 Å². The lowest BCUT2D eigenvalue weighted by Gasteiger charge is -2.34. The first-order valence-electron chi connectivity index (χ1n) is 14.7. The van der Waals surface area contributed by atoms with Gasteiger partial charge in [-0.25, -0.2) is 0 Å². The molecule has 0 radical (unpaired) electrons. The molecule has 11 heteroatoms. The van der Waals surface area contributed by atoms with Crippen LogP contribution < -0.4 is 9.47 Å². The highest BCUT2D eigenvalue weighted by Gasteiger charge is 2.51. The fourth-order valence-electron chi connectivity index (χ4n) is 5.29. The van der Waals surface area contributed by atoms with E-state index in [1.807, 2.05) is 12.1 Å². The van der Waals surface area contributed by atoms with Crippen LogP contribution in [-0.2, 0) is 36.5 Å². The van der Waals surface area contributed by atoms with Crippen LogP contribution in [-0.4, -0.2) is 75.0 Å². The summed E-state index contributed by atoms with van der Waals surface area (Å²) in [7, 11) is -4.41. The molecule has 5 rings (SSSR count). The Labute approximate surface area is 263 Å². The van der Waals surface area contributed by atoms with Gasteiger partial charge in [0.2, 0.25) is 0 Å². The number of hydrogen-bond acceptors (Lipinski definition) is 8. The van der Waals surface area contributed by atoms with Crippen molar-refractivity contribution in [3.05, 3.63) is 131 Å². The van der Waals surface area contributed by atoms with Crippen LogP contribution in [0.1, 0.15) is 22.3 Å². The van der Waals surface area contributed by atoms with Gasteiger partial charge < -0.3 is 29.9 Å². The maximum Gasteiger partial charge on any atom is 0.283 e. The van der Waals surface area contributed by atoms with Crippen molar-refractivity contribution >= 4 is 10.2 Å². The van der Waals surface area contributed by atoms with E-state index in [1.165, 1.54) is 8.61 Å². The van der Waals surface area contributed by atoms with Crippen LogP contribution in [0.15, 0.2) is 109 Å². The highest BCUT2D eigenvalue weighted by atomic mass is 32.2. The van der Waals surface area contributed by atoms with Gasteiger partial charge in [-0.05, 0) is 46.5 Å². The van der Waals surface area contributed by atoms with E-state index in [4.69, 9.17) is 9.47 Å². The van der Waals surface area contributed by atoms with E-state index in [9.17, 15) is 28.8 Å². The lowest BCUT2D eigenvalue weighted by atomic mass is 9.99. The molecule has 0 spiro atoms. The van der Waals surface area contributed by atoms with Crippen LogP contribution in [0.4, 0.5) is 0 Å². The summed E-state index contributed by atoms with van der Waals surface area (Å²) in [5.41, 5.74) is 2.58. The van der Waals surface area contributed by atoms with Gasteiger partial charge in [0.1, 0.15) is 36.9 Å². The number of rotatable bonds is 12. The summed E-state index contributed by atoms with van der Waals surface area (Å²) >= 11 is 0. The third-order valence-corrected chi connectivity index (χ3v) is 9.87. The molecule has 4 N–H and O–H groups in total. The summed E-state index contributed by atoms with van der Waals surface area (Å²) in [6.45, 7) is -1.05. The molecule has 0 unspecified atom stereocenters. The van der Waals surface area contributed by atoms with Gasteiger partial charge >= 0.3 is 0 Å². The zero-order chi connectivity index (χ0) is 31.8. The van der Waals surface area contributed by atoms with Gasteiger partial charge in [0.15, 0.2) is 0 Å². The summed E-state index contributed by atoms with van der Waals surface area (Å²) < 4.78 is 43.8. The standard InChI is InChI=1S/C34H38N2O8S/c37-21-27-15-11-25(12-16-27)19-35-31(23-43-29-7-3-1-4-8-29)33(39)34(40)32(24-44-30-9-5-2-6-10-30)36(45(35,41)42)20-26-13-17-28(22-38)18-14-26/h1-18,31-34,37-40H,19-24H2/t31-,32-,33+,34+/m1/s1. The summed E-state index contributed by atoms with van der Waals surface area (Å²) in [4.78, 5) is 0. The molecule has 4 atom stereocenters. The van der Waals surface area contributed by atoms with Crippen molar-refractivity contribution in [2.75, 3.05) is 13.2 Å². The van der Waals surface area contributed by atoms with E-state index in [0.717, 1.165) is 0 Å². The van der Waals surface area contributed by atoms with Crippen molar-refractivity contribution in [3.8, 4) is 11.5 Å². The third-order valence-electron chi connectivity index (χ3n) is 7.89. The quantitative estimate of drug-likeness (QED) is 0.187. The van der Waals surface area contributed by atoms with E-state index in [2.05, 4.69) is 0 Å². The molecule has 1 saturated heterocycles. The fraction of sp³-hybridized carbons (Fsp3) is 0.294. The molecule has 10 nitrogen and oxygen atoms in total. The van der Waals surface area contributed by atoms with Crippen molar-refractivity contribution in [3.63, 3.8) is 0 Å². The zero-order valence-electron chi connectivity index (χ0n) is 24.7. The Morgan fingerprint density at radius 1 is 0.533 bits per heavy atom. The first-order chi connectivity index (χ1) is 21.8. The minimum Gasteiger partial charge on any atom is -0.492 e. The van der Waals surface area contributed by atoms with E-state index >= 15 is 0 Å². The Bertz CT molecular complexity index is 1470. The van der Waals surface area contributed by atoms with E-state index in [0.29, 0.717) is 33.8 Å². The predicted octanol–water partition coefficient (Wildman–Crippen LogP) is 2.85. The molecule has 0 saturated carbocycles. The average Bonchev–Trinajstić information content (AvgIpc) is 3.12. The molecular formula is C34H38N2O8S. The molecule has 1 fully saturated rings. The SMILES string of the molecule is O=S1(=O)N(Cc2ccc(CO)cc2)[C@H](COc2ccccc2)[C@H](O)[C@@H](O)[C@@H](COc2ccccc2)N1Cc1ccc(CO)cc1. The number of ether oxygens (including phenoxy) is 2. The van der Waals surface area contributed by atoms with Gasteiger partial charge in [-0.2, -0.15) is 17.0 Å². The normalized spacial score (nSPS) is 22.0. The third kappa shape index (κ3) is 7.89. The minimum atomic E-state index is -4.41. The molecule has 4 aromatic carbocycles. The second kappa shape index (κ2) is 15.0. The highest BCUT2D eigenvalue weighted by molar-refractivity contribution is 7.86. The van der Waals surface area contributed by atoms with Gasteiger partial charge in [-0.3, -0.25) is 0 Å². The van der Waals surface area contributed by atoms with Gasteiger partial charge in [-0.15, -0.1) is 0 Å². The Balaban J connectivity index is 1.56. The van der Waals surface area contributed by atoms with Gasteiger partial charge in [0, 0.05) is 13.1 Å². The van der Waals surface area contributed by atoms with Crippen LogP contribution >= 0.6 is 0 Å². The highest BCUT2D eigenvalue weighted by Crippen LogP contribution is 2.31. The first kappa shape index (κ1) is 32.6. The number of para-hydroxylation sites is 2. The molecule has 4 aromatic rings. The minimum absolute atomic E-state index is 0.132. The van der Waals surface area contributed by atoms with Crippen molar-refractivity contribution in [1.82, 2.24) is 8.61 Å². The van der Waals surface area contributed by atoms with Gasteiger partial charge in [-0.1, -0.05) is 84.9 Å². The Morgan fingerprint density at radius 2 is 0.867 bits per heavy atom. The van der Waals surface area contributed by atoms with Gasteiger partial charge in [0.05, 0.1) is 25.3 Å². The number of aliphatic hydroxyl groups excluding tert-OH is 4. The maximum absolute atomic E-state index is 14.8. The van der Waals surface area contributed by atoms with Crippen LogP contribution in [0.25, 0.3) is 0 Å². The average molecular weight is 635 g/mol. The first-order valence-corrected chi connectivity index (χ1v) is 16.1. The fourth-order valence-corrected chi connectivity index (χ4v) is 7.24. The summed E-state index contributed by atoms with van der Waals surface area (Å²) in [6.07, 6.45) is -3.10. The number of benzene rings is 4. The number of aliphatic hydroxyl groups is 4. The molecule has 0 bridgehead atoms. The molecule has 0 amide bonds.